The van der Waals surface area contributed by atoms with Gasteiger partial charge in [-0.2, -0.15) is 5.10 Å². The number of phenols is 1. The third kappa shape index (κ3) is 6.60. The molecule has 0 fully saturated rings. The second-order valence-electron chi connectivity index (χ2n) is 8.64. The summed E-state index contributed by atoms with van der Waals surface area (Å²) in [5, 5.41) is 17.5. The number of carbonyl (C=O) groups excluding carboxylic acids is 2. The maximum absolute atomic E-state index is 9.72. The van der Waals surface area contributed by atoms with Crippen LogP contribution in [-0.2, 0) is 33.2 Å². The molecule has 0 aliphatic carbocycles. The van der Waals surface area contributed by atoms with Crippen molar-refractivity contribution in [1.82, 2.24) is 14.3 Å². The van der Waals surface area contributed by atoms with Crippen molar-refractivity contribution in [2.75, 3.05) is 0 Å². The van der Waals surface area contributed by atoms with Crippen molar-refractivity contribution in [3.8, 4) is 17.1 Å². The number of hydrogen-bond donors (Lipinski definition) is 1. The number of benzene rings is 1. The number of ether oxygens (including phenoxy) is 2. The Hall–Kier alpha value is -2.85. The molecule has 4 aromatic rings. The molecular formula is C24H30BrN3O5S. The topological polar surface area (TPSA) is 95.6 Å². The van der Waals surface area contributed by atoms with Gasteiger partial charge in [-0.15, -0.1) is 11.3 Å². The van der Waals surface area contributed by atoms with Gasteiger partial charge < -0.3 is 19.1 Å². The molecule has 0 saturated heterocycles. The number of aryl methyl sites for hydroxylation is 2. The molecule has 3 heterocycles. The Morgan fingerprint density at radius 1 is 1.12 bits per heavy atom. The second-order valence-corrected chi connectivity index (χ2v) is 10.3. The van der Waals surface area contributed by atoms with Crippen LogP contribution < -0.4 is 0 Å². The fraction of sp³-hybridized carbons (Fsp3) is 0.375. The number of nitrogens with zero attached hydrogens (tertiary/aromatic N) is 3. The second kappa shape index (κ2) is 11.5. The summed E-state index contributed by atoms with van der Waals surface area (Å²) in [7, 11) is 3.96. The number of hydrogen-bond acceptors (Lipinski definition) is 7. The maximum Gasteiger partial charge on any atom is 0.293 e. The van der Waals surface area contributed by atoms with Crippen LogP contribution in [-0.4, -0.2) is 44.1 Å². The highest BCUT2D eigenvalue weighted by molar-refractivity contribution is 9.10. The Bertz CT molecular complexity index is 1270. The van der Waals surface area contributed by atoms with E-state index in [4.69, 9.17) is 0 Å². The largest absolute Gasteiger partial charge is 0.508 e. The highest BCUT2D eigenvalue weighted by Gasteiger charge is 2.21. The third-order valence-electron chi connectivity index (χ3n) is 4.53. The molecule has 0 amide bonds. The van der Waals surface area contributed by atoms with E-state index < -0.39 is 0 Å². The monoisotopic (exact) mass is 551 g/mol. The maximum atomic E-state index is 9.72. The van der Waals surface area contributed by atoms with Crippen LogP contribution >= 0.6 is 27.3 Å². The lowest BCUT2D eigenvalue weighted by Crippen LogP contribution is -2.17. The summed E-state index contributed by atoms with van der Waals surface area (Å²) in [4.78, 5) is 19.0. The van der Waals surface area contributed by atoms with Gasteiger partial charge >= 0.3 is 0 Å². The van der Waals surface area contributed by atoms with Crippen LogP contribution in [0, 0.1) is 0 Å². The minimum atomic E-state index is -0.318. The van der Waals surface area contributed by atoms with E-state index in [2.05, 4.69) is 46.5 Å². The smallest absolute Gasteiger partial charge is 0.293 e. The van der Waals surface area contributed by atoms with E-state index in [1.54, 1.807) is 37.3 Å². The van der Waals surface area contributed by atoms with E-state index in [1.807, 2.05) is 45.6 Å². The number of carbonyl (C=O) groups is 2. The lowest BCUT2D eigenvalue weighted by molar-refractivity contribution is -0.138. The highest BCUT2D eigenvalue weighted by atomic mass is 79.9. The van der Waals surface area contributed by atoms with Crippen LogP contribution in [0.1, 0.15) is 34.6 Å². The van der Waals surface area contributed by atoms with Gasteiger partial charge in [0.2, 0.25) is 0 Å². The van der Waals surface area contributed by atoms with Gasteiger partial charge in [0.25, 0.3) is 12.9 Å². The van der Waals surface area contributed by atoms with Gasteiger partial charge in [0.1, 0.15) is 17.0 Å². The predicted octanol–water partition coefficient (Wildman–Crippen LogP) is 5.79. The average Bonchev–Trinajstić information content (AvgIpc) is 3.38. The number of rotatable bonds is 4. The number of halogens is 1. The molecule has 0 unspecified atom stereocenters. The zero-order chi connectivity index (χ0) is 25.6. The van der Waals surface area contributed by atoms with Crippen molar-refractivity contribution in [2.45, 2.75) is 46.3 Å². The van der Waals surface area contributed by atoms with Gasteiger partial charge in [0, 0.05) is 25.5 Å². The van der Waals surface area contributed by atoms with E-state index in [9.17, 15) is 14.7 Å². The van der Waals surface area contributed by atoms with E-state index in [1.165, 1.54) is 4.70 Å². The van der Waals surface area contributed by atoms with Gasteiger partial charge in [0.15, 0.2) is 0 Å². The molecule has 0 aliphatic heterocycles. The first-order valence-corrected chi connectivity index (χ1v) is 12.2. The molecule has 8 nitrogen and oxygen atoms in total. The Labute approximate surface area is 211 Å². The Kier molecular flexibility index (Phi) is 9.29. The van der Waals surface area contributed by atoms with Gasteiger partial charge in [-0.05, 0) is 74.1 Å². The molecule has 0 bridgehead atoms. The molecule has 10 heteroatoms. The lowest BCUT2D eigenvalue weighted by atomic mass is 10.2. The first-order valence-electron chi connectivity index (χ1n) is 10.5. The fourth-order valence-corrected chi connectivity index (χ4v) is 4.73. The molecule has 0 saturated carbocycles. The highest BCUT2D eigenvalue weighted by Crippen LogP contribution is 2.41. The van der Waals surface area contributed by atoms with Crippen LogP contribution in [0.5, 0.6) is 5.75 Å². The van der Waals surface area contributed by atoms with Crippen LogP contribution in [0.25, 0.3) is 32.5 Å². The molecular weight excluding hydrogens is 522 g/mol. The van der Waals surface area contributed by atoms with Crippen LogP contribution in [0.4, 0.5) is 0 Å². The molecule has 1 N–H and O–H groups in total. The van der Waals surface area contributed by atoms with Gasteiger partial charge in [-0.3, -0.25) is 14.3 Å². The van der Waals surface area contributed by atoms with E-state index in [0.717, 1.165) is 32.3 Å². The standard InChI is InChI=1S/C15H12BrN3OS.C5H10O2.C4H8O2/c1-18-11-7-8(20)3-4-9(11)12(16)14(18)13-15-10(5-6-21-15)19(2)17-13;1-5(2,3)7-4-6;1-4(2)6-3-5/h3-7,20H,1-2H3;4H,1-3H3;3-4H,1-2H3. The van der Waals surface area contributed by atoms with Crippen molar-refractivity contribution in [2.24, 2.45) is 14.1 Å². The molecule has 184 valence electrons. The number of phenolic OH excluding ortho intramolecular Hbond substituents is 1. The zero-order valence-corrected chi connectivity index (χ0v) is 22.7. The van der Waals surface area contributed by atoms with Crippen molar-refractivity contribution >= 4 is 61.3 Å². The Morgan fingerprint density at radius 3 is 2.29 bits per heavy atom. The van der Waals surface area contributed by atoms with Crippen LogP contribution in [0.15, 0.2) is 34.1 Å². The summed E-state index contributed by atoms with van der Waals surface area (Å²) in [6.45, 7) is 9.97. The Balaban J connectivity index is 0.000000262. The first-order chi connectivity index (χ1) is 15.9. The molecule has 0 atom stereocenters. The van der Waals surface area contributed by atoms with Crippen molar-refractivity contribution in [3.63, 3.8) is 0 Å². The summed E-state index contributed by atoms with van der Waals surface area (Å²) >= 11 is 5.39. The average molecular weight is 552 g/mol. The molecule has 0 spiro atoms. The SMILES string of the molecule is CC(C)(C)OC=O.CC(C)OC=O.Cn1nc(-c2c(Br)c3ccc(O)cc3n2C)c2sccc21. The minimum absolute atomic E-state index is 0.0301. The van der Waals surface area contributed by atoms with Crippen molar-refractivity contribution < 1.29 is 24.2 Å². The third-order valence-corrected chi connectivity index (χ3v) is 6.25. The summed E-state index contributed by atoms with van der Waals surface area (Å²) < 4.78 is 15.1. The Morgan fingerprint density at radius 2 is 1.79 bits per heavy atom. The molecule has 3 aromatic heterocycles. The first kappa shape index (κ1) is 27.4. The molecule has 4 rings (SSSR count). The van der Waals surface area contributed by atoms with Crippen molar-refractivity contribution in [1.29, 1.82) is 0 Å². The van der Waals surface area contributed by atoms with Crippen LogP contribution in [0.3, 0.4) is 0 Å². The minimum Gasteiger partial charge on any atom is -0.508 e. The molecule has 34 heavy (non-hydrogen) atoms. The number of aromatic nitrogens is 3. The van der Waals surface area contributed by atoms with E-state index in [-0.39, 0.29) is 17.5 Å². The zero-order valence-electron chi connectivity index (χ0n) is 20.3. The van der Waals surface area contributed by atoms with Gasteiger partial charge in [-0.1, -0.05) is 0 Å². The van der Waals surface area contributed by atoms with Gasteiger partial charge in [0.05, 0.1) is 32.0 Å². The molecule has 1 aromatic carbocycles. The van der Waals surface area contributed by atoms with E-state index in [0.29, 0.717) is 12.9 Å². The normalized spacial score (nSPS) is 11.0. The summed E-state index contributed by atoms with van der Waals surface area (Å²) in [5.74, 6) is 0.268. The number of thiophene rings is 1. The lowest BCUT2D eigenvalue weighted by Gasteiger charge is -2.14. The predicted molar refractivity (Wildman–Crippen MR) is 139 cm³/mol. The van der Waals surface area contributed by atoms with Gasteiger partial charge in [-0.25, -0.2) is 0 Å². The molecule has 0 aliphatic rings. The van der Waals surface area contributed by atoms with E-state index >= 15 is 0 Å². The number of fused-ring (bicyclic) bond motifs is 2. The van der Waals surface area contributed by atoms with Crippen molar-refractivity contribution in [3.05, 3.63) is 34.1 Å². The number of aromatic hydroxyl groups is 1. The fourth-order valence-electron chi connectivity index (χ4n) is 3.04. The molecule has 0 radical (unpaired) electrons. The quantitative estimate of drug-likeness (QED) is 0.322. The summed E-state index contributed by atoms with van der Waals surface area (Å²) in [5.41, 5.74) is 3.79. The summed E-state index contributed by atoms with van der Waals surface area (Å²) in [6.07, 6.45) is 0.0301. The summed E-state index contributed by atoms with van der Waals surface area (Å²) in [6, 6.07) is 7.49. The van der Waals surface area contributed by atoms with Crippen LogP contribution in [0.2, 0.25) is 0 Å².